The molecule has 3 rings (SSSR count). The number of aliphatic hydroxyl groups excluding tert-OH is 1. The van der Waals surface area contributed by atoms with Crippen LogP contribution in [0, 0.1) is 6.92 Å². The van der Waals surface area contributed by atoms with Crippen molar-refractivity contribution in [2.75, 3.05) is 44.2 Å². The summed E-state index contributed by atoms with van der Waals surface area (Å²) >= 11 is 1.68. The van der Waals surface area contributed by atoms with E-state index in [-0.39, 0.29) is 0 Å². The first-order valence-corrected chi connectivity index (χ1v) is 8.83. The van der Waals surface area contributed by atoms with E-state index in [1.54, 1.807) is 11.3 Å². The number of rotatable bonds is 6. The zero-order valence-corrected chi connectivity index (χ0v) is 14.2. The molecule has 5 nitrogen and oxygen atoms in total. The predicted octanol–water partition coefficient (Wildman–Crippen LogP) is 2.01. The van der Waals surface area contributed by atoms with Crippen LogP contribution in [0.15, 0.2) is 35.8 Å². The highest BCUT2D eigenvalue weighted by atomic mass is 32.1. The average Bonchev–Trinajstić information content (AvgIpc) is 3.09. The van der Waals surface area contributed by atoms with Gasteiger partial charge in [0.1, 0.15) is 18.5 Å². The van der Waals surface area contributed by atoms with E-state index in [9.17, 15) is 5.11 Å². The zero-order valence-electron chi connectivity index (χ0n) is 13.4. The van der Waals surface area contributed by atoms with E-state index in [0.717, 1.165) is 42.6 Å². The molecule has 0 aliphatic carbocycles. The maximum Gasteiger partial charge on any atom is 0.185 e. The van der Waals surface area contributed by atoms with Crippen LogP contribution in [0.3, 0.4) is 0 Å². The summed E-state index contributed by atoms with van der Waals surface area (Å²) in [5.41, 5.74) is 1.09. The fourth-order valence-electron chi connectivity index (χ4n) is 2.75. The van der Waals surface area contributed by atoms with Crippen LogP contribution in [0.25, 0.3) is 0 Å². The predicted molar refractivity (Wildman–Crippen MR) is 93.4 cm³/mol. The molecular weight excluding hydrogens is 310 g/mol. The molecule has 2 aromatic rings. The Morgan fingerprint density at radius 2 is 2.04 bits per heavy atom. The molecule has 1 aliphatic heterocycles. The van der Waals surface area contributed by atoms with Gasteiger partial charge in [0.15, 0.2) is 5.13 Å². The van der Waals surface area contributed by atoms with Crippen LogP contribution in [0.5, 0.6) is 5.75 Å². The molecule has 0 unspecified atom stereocenters. The van der Waals surface area contributed by atoms with Crippen LogP contribution in [-0.4, -0.2) is 60.4 Å². The third kappa shape index (κ3) is 4.43. The van der Waals surface area contributed by atoms with Gasteiger partial charge in [-0.1, -0.05) is 18.2 Å². The number of aromatic nitrogens is 1. The standard InChI is InChI=1S/C17H23N3O2S/c1-14-4-2-3-5-16(14)22-13-15(21)12-19-7-9-20(10-8-19)17-18-6-11-23-17/h2-6,11,15,21H,7-10,12-13H2,1H3/t15-/m0/s1. The van der Waals surface area contributed by atoms with Crippen molar-refractivity contribution in [2.45, 2.75) is 13.0 Å². The smallest absolute Gasteiger partial charge is 0.185 e. The number of para-hydroxylation sites is 1. The lowest BCUT2D eigenvalue weighted by Crippen LogP contribution is -2.49. The second kappa shape index (κ2) is 7.77. The van der Waals surface area contributed by atoms with Crippen molar-refractivity contribution in [3.63, 3.8) is 0 Å². The molecule has 1 aromatic heterocycles. The minimum atomic E-state index is -0.471. The number of thiazole rings is 1. The molecular formula is C17H23N3O2S. The molecule has 1 saturated heterocycles. The third-order valence-corrected chi connectivity index (χ3v) is 4.89. The van der Waals surface area contributed by atoms with Gasteiger partial charge in [-0.05, 0) is 18.6 Å². The van der Waals surface area contributed by atoms with E-state index < -0.39 is 6.10 Å². The van der Waals surface area contributed by atoms with Crippen molar-refractivity contribution in [3.8, 4) is 5.75 Å². The van der Waals surface area contributed by atoms with E-state index in [4.69, 9.17) is 4.74 Å². The van der Waals surface area contributed by atoms with Gasteiger partial charge < -0.3 is 14.7 Å². The number of piperazine rings is 1. The monoisotopic (exact) mass is 333 g/mol. The van der Waals surface area contributed by atoms with Crippen molar-refractivity contribution >= 4 is 16.5 Å². The number of nitrogens with zero attached hydrogens (tertiary/aromatic N) is 3. The highest BCUT2D eigenvalue weighted by molar-refractivity contribution is 7.13. The van der Waals surface area contributed by atoms with Gasteiger partial charge in [-0.3, -0.25) is 4.90 Å². The number of hydrogen-bond acceptors (Lipinski definition) is 6. The molecule has 0 radical (unpaired) electrons. The van der Waals surface area contributed by atoms with E-state index in [0.29, 0.717) is 13.2 Å². The van der Waals surface area contributed by atoms with Crippen molar-refractivity contribution in [1.29, 1.82) is 0 Å². The van der Waals surface area contributed by atoms with Crippen molar-refractivity contribution in [2.24, 2.45) is 0 Å². The van der Waals surface area contributed by atoms with Gasteiger partial charge in [-0.15, -0.1) is 11.3 Å². The molecule has 124 valence electrons. The van der Waals surface area contributed by atoms with Gasteiger partial charge >= 0.3 is 0 Å². The van der Waals surface area contributed by atoms with Crippen LogP contribution in [0.2, 0.25) is 0 Å². The topological polar surface area (TPSA) is 48.8 Å². The molecule has 1 atom stereocenters. The van der Waals surface area contributed by atoms with Crippen molar-refractivity contribution in [1.82, 2.24) is 9.88 Å². The Kier molecular flexibility index (Phi) is 5.48. The molecule has 2 heterocycles. The first-order valence-electron chi connectivity index (χ1n) is 7.95. The molecule has 1 aliphatic rings. The quantitative estimate of drug-likeness (QED) is 0.876. The summed E-state index contributed by atoms with van der Waals surface area (Å²) in [7, 11) is 0. The molecule has 0 spiro atoms. The molecule has 1 N–H and O–H groups in total. The molecule has 1 aromatic carbocycles. The fourth-order valence-corrected chi connectivity index (χ4v) is 3.45. The number of ether oxygens (including phenoxy) is 1. The minimum Gasteiger partial charge on any atom is -0.491 e. The fraction of sp³-hybridized carbons (Fsp3) is 0.471. The lowest BCUT2D eigenvalue weighted by atomic mass is 10.2. The van der Waals surface area contributed by atoms with E-state index in [1.165, 1.54) is 0 Å². The van der Waals surface area contributed by atoms with Gasteiger partial charge in [-0.2, -0.15) is 0 Å². The SMILES string of the molecule is Cc1ccccc1OC[C@@H](O)CN1CCN(c2nccs2)CC1. The summed E-state index contributed by atoms with van der Waals surface area (Å²) < 4.78 is 5.72. The lowest BCUT2D eigenvalue weighted by molar-refractivity contribution is 0.0661. The van der Waals surface area contributed by atoms with Gasteiger partial charge in [-0.25, -0.2) is 4.98 Å². The number of aliphatic hydroxyl groups is 1. The Morgan fingerprint density at radius 1 is 1.26 bits per heavy atom. The Bertz CT molecular complexity index is 598. The maximum atomic E-state index is 10.2. The number of aryl methyl sites for hydroxylation is 1. The zero-order chi connectivity index (χ0) is 16.1. The minimum absolute atomic E-state index is 0.331. The Labute approximate surface area is 141 Å². The van der Waals surface area contributed by atoms with Crippen molar-refractivity contribution in [3.05, 3.63) is 41.4 Å². The Morgan fingerprint density at radius 3 is 2.74 bits per heavy atom. The summed E-state index contributed by atoms with van der Waals surface area (Å²) in [6, 6.07) is 7.89. The van der Waals surface area contributed by atoms with Crippen LogP contribution < -0.4 is 9.64 Å². The average molecular weight is 333 g/mol. The van der Waals surface area contributed by atoms with E-state index in [2.05, 4.69) is 14.8 Å². The second-order valence-electron chi connectivity index (χ2n) is 5.83. The largest absolute Gasteiger partial charge is 0.491 e. The third-order valence-electron chi connectivity index (χ3n) is 4.06. The van der Waals surface area contributed by atoms with E-state index in [1.807, 2.05) is 42.8 Å². The Hall–Kier alpha value is -1.63. The van der Waals surface area contributed by atoms with Gasteiger partial charge in [0.2, 0.25) is 0 Å². The first kappa shape index (κ1) is 16.2. The molecule has 23 heavy (non-hydrogen) atoms. The summed E-state index contributed by atoms with van der Waals surface area (Å²) in [5, 5.41) is 13.3. The highest BCUT2D eigenvalue weighted by Crippen LogP contribution is 2.19. The summed E-state index contributed by atoms with van der Waals surface area (Å²) in [6.07, 6.45) is 1.37. The number of β-amino-alcohol motifs (C(OH)–C–C–N with tert-alkyl or cyclic N) is 1. The summed E-state index contributed by atoms with van der Waals surface area (Å²) in [5.74, 6) is 0.847. The maximum absolute atomic E-state index is 10.2. The van der Waals surface area contributed by atoms with Crippen LogP contribution in [0.1, 0.15) is 5.56 Å². The molecule has 6 heteroatoms. The first-order chi connectivity index (χ1) is 11.2. The summed E-state index contributed by atoms with van der Waals surface area (Å²) in [4.78, 5) is 8.94. The molecule has 0 amide bonds. The van der Waals surface area contributed by atoms with Crippen LogP contribution in [-0.2, 0) is 0 Å². The van der Waals surface area contributed by atoms with E-state index >= 15 is 0 Å². The normalized spacial score (nSPS) is 17.2. The number of hydrogen-bond donors (Lipinski definition) is 1. The lowest BCUT2D eigenvalue weighted by Gasteiger charge is -2.35. The molecule has 1 fully saturated rings. The van der Waals surface area contributed by atoms with Crippen LogP contribution >= 0.6 is 11.3 Å². The second-order valence-corrected chi connectivity index (χ2v) is 6.71. The molecule has 0 saturated carbocycles. The summed E-state index contributed by atoms with van der Waals surface area (Å²) in [6.45, 7) is 6.80. The number of anilines is 1. The molecule has 0 bridgehead atoms. The van der Waals surface area contributed by atoms with Gasteiger partial charge in [0.25, 0.3) is 0 Å². The Balaban J connectivity index is 1.41. The van der Waals surface area contributed by atoms with Crippen LogP contribution in [0.4, 0.5) is 5.13 Å². The number of benzene rings is 1. The van der Waals surface area contributed by atoms with Gasteiger partial charge in [0, 0.05) is 44.3 Å². The highest BCUT2D eigenvalue weighted by Gasteiger charge is 2.20. The van der Waals surface area contributed by atoms with Crippen molar-refractivity contribution < 1.29 is 9.84 Å². The van der Waals surface area contributed by atoms with Gasteiger partial charge in [0.05, 0.1) is 0 Å².